The monoisotopic (exact) mass is 445 g/mol. The Morgan fingerprint density at radius 1 is 0.806 bits per heavy atom. The van der Waals surface area contributed by atoms with Crippen LogP contribution in [-0.4, -0.2) is 46.6 Å². The van der Waals surface area contributed by atoms with E-state index in [1.165, 1.54) is 32.7 Å². The van der Waals surface area contributed by atoms with Gasteiger partial charge in [-0.25, -0.2) is 9.78 Å². The minimum Gasteiger partial charge on any atom is -0.493 e. The molecule has 2 N–H and O–H groups in total. The first-order valence-corrected chi connectivity index (χ1v) is 9.96. The Morgan fingerprint density at radius 2 is 1.45 bits per heavy atom. The summed E-state index contributed by atoms with van der Waals surface area (Å²) in [5, 5.41) is 7.74. The highest BCUT2D eigenvalue weighted by atomic mass is 32.1. The lowest BCUT2D eigenvalue weighted by Crippen LogP contribution is -2.19. The number of aromatic nitrogens is 1. The standard InChI is InChI=1S/C21H23N3O6S/c1-26-15-7-6-12(8-16(15)27-2)14-11-31-21(23-14)24-20(25)22-13-9-17(28-3)19(30-5)18(10-13)29-4/h6-11H,1-5H3,(H2,22,23,24,25). The van der Waals surface area contributed by atoms with E-state index in [2.05, 4.69) is 15.6 Å². The average molecular weight is 445 g/mol. The molecule has 0 aliphatic carbocycles. The van der Waals surface area contributed by atoms with Crippen molar-refractivity contribution in [3.8, 4) is 40.0 Å². The number of hydrogen-bond acceptors (Lipinski definition) is 8. The molecule has 0 saturated heterocycles. The Bertz CT molecular complexity index is 1040. The van der Waals surface area contributed by atoms with Gasteiger partial charge in [-0.05, 0) is 18.2 Å². The molecule has 3 aromatic rings. The van der Waals surface area contributed by atoms with Crippen LogP contribution in [0.15, 0.2) is 35.7 Å². The van der Waals surface area contributed by atoms with E-state index in [0.29, 0.717) is 45.3 Å². The predicted molar refractivity (Wildman–Crippen MR) is 119 cm³/mol. The maximum absolute atomic E-state index is 12.5. The fourth-order valence-electron chi connectivity index (χ4n) is 2.87. The summed E-state index contributed by atoms with van der Waals surface area (Å²) in [7, 11) is 7.68. The second-order valence-electron chi connectivity index (χ2n) is 6.10. The van der Waals surface area contributed by atoms with Crippen molar-refractivity contribution in [2.45, 2.75) is 0 Å². The summed E-state index contributed by atoms with van der Waals surface area (Å²) in [5.41, 5.74) is 2.02. The highest BCUT2D eigenvalue weighted by Crippen LogP contribution is 2.40. The van der Waals surface area contributed by atoms with E-state index >= 15 is 0 Å². The van der Waals surface area contributed by atoms with Crippen LogP contribution in [0, 0.1) is 0 Å². The van der Waals surface area contributed by atoms with Gasteiger partial charge in [0.15, 0.2) is 28.1 Å². The van der Waals surface area contributed by atoms with Crippen molar-refractivity contribution < 1.29 is 28.5 Å². The number of amides is 2. The molecule has 0 saturated carbocycles. The molecule has 2 amide bonds. The number of nitrogens with zero attached hydrogens (tertiary/aromatic N) is 1. The third-order valence-electron chi connectivity index (χ3n) is 4.33. The number of methoxy groups -OCH3 is 5. The zero-order valence-corrected chi connectivity index (χ0v) is 18.6. The molecule has 9 nitrogen and oxygen atoms in total. The predicted octanol–water partition coefficient (Wildman–Crippen LogP) is 4.50. The molecule has 31 heavy (non-hydrogen) atoms. The molecular weight excluding hydrogens is 422 g/mol. The second-order valence-corrected chi connectivity index (χ2v) is 6.96. The molecule has 1 heterocycles. The maximum atomic E-state index is 12.5. The van der Waals surface area contributed by atoms with Gasteiger partial charge in [0.25, 0.3) is 0 Å². The van der Waals surface area contributed by atoms with Gasteiger partial charge in [0.2, 0.25) is 5.75 Å². The number of benzene rings is 2. The summed E-state index contributed by atoms with van der Waals surface area (Å²) in [5.74, 6) is 2.53. The molecule has 0 fully saturated rings. The number of anilines is 2. The number of nitrogens with one attached hydrogen (secondary N) is 2. The van der Waals surface area contributed by atoms with E-state index < -0.39 is 6.03 Å². The minimum atomic E-state index is -0.456. The zero-order chi connectivity index (χ0) is 22.4. The Hall–Kier alpha value is -3.66. The van der Waals surface area contributed by atoms with Crippen molar-refractivity contribution in [1.82, 2.24) is 4.98 Å². The topological polar surface area (TPSA) is 100 Å². The quantitative estimate of drug-likeness (QED) is 0.527. The lowest BCUT2D eigenvalue weighted by Gasteiger charge is -2.14. The molecule has 0 radical (unpaired) electrons. The van der Waals surface area contributed by atoms with E-state index in [-0.39, 0.29) is 0 Å². The van der Waals surface area contributed by atoms with Crippen LogP contribution in [0.1, 0.15) is 0 Å². The summed E-state index contributed by atoms with van der Waals surface area (Å²) >= 11 is 1.30. The van der Waals surface area contributed by atoms with Crippen LogP contribution in [0.3, 0.4) is 0 Å². The summed E-state index contributed by atoms with van der Waals surface area (Å²) in [6, 6.07) is 8.32. The van der Waals surface area contributed by atoms with Crippen LogP contribution in [0.5, 0.6) is 28.7 Å². The number of carbonyl (C=O) groups excluding carboxylic acids is 1. The lowest BCUT2D eigenvalue weighted by atomic mass is 10.1. The Morgan fingerprint density at radius 3 is 2.03 bits per heavy atom. The van der Waals surface area contributed by atoms with Crippen molar-refractivity contribution in [3.05, 3.63) is 35.7 Å². The average Bonchev–Trinajstić information content (AvgIpc) is 3.25. The number of rotatable bonds is 8. The van der Waals surface area contributed by atoms with Gasteiger partial charge in [0, 0.05) is 23.1 Å². The van der Waals surface area contributed by atoms with Crippen molar-refractivity contribution in [1.29, 1.82) is 0 Å². The fourth-order valence-corrected chi connectivity index (χ4v) is 3.59. The van der Waals surface area contributed by atoms with Gasteiger partial charge < -0.3 is 29.0 Å². The molecule has 0 spiro atoms. The van der Waals surface area contributed by atoms with Crippen molar-refractivity contribution in [2.75, 3.05) is 46.2 Å². The van der Waals surface area contributed by atoms with E-state index in [9.17, 15) is 4.79 Å². The minimum absolute atomic E-state index is 0.433. The smallest absolute Gasteiger partial charge is 0.325 e. The van der Waals surface area contributed by atoms with Crippen LogP contribution >= 0.6 is 11.3 Å². The van der Waals surface area contributed by atoms with E-state index in [1.807, 2.05) is 17.5 Å². The Balaban J connectivity index is 1.73. The largest absolute Gasteiger partial charge is 0.493 e. The van der Waals surface area contributed by atoms with Crippen molar-refractivity contribution in [2.24, 2.45) is 0 Å². The van der Waals surface area contributed by atoms with Crippen molar-refractivity contribution in [3.63, 3.8) is 0 Å². The van der Waals surface area contributed by atoms with Crippen molar-refractivity contribution >= 4 is 28.2 Å². The van der Waals surface area contributed by atoms with Crippen LogP contribution < -0.4 is 34.3 Å². The number of urea groups is 1. The molecule has 0 aliphatic rings. The molecule has 3 rings (SSSR count). The second kappa shape index (κ2) is 9.90. The number of carbonyl (C=O) groups is 1. The number of thiazole rings is 1. The molecule has 0 aliphatic heterocycles. The first kappa shape index (κ1) is 22.0. The third-order valence-corrected chi connectivity index (χ3v) is 5.08. The lowest BCUT2D eigenvalue weighted by molar-refractivity contribution is 0.262. The van der Waals surface area contributed by atoms with Gasteiger partial charge >= 0.3 is 6.03 Å². The number of hydrogen-bond donors (Lipinski definition) is 2. The Labute approximate surface area is 183 Å². The van der Waals surface area contributed by atoms with Crippen LogP contribution in [0.4, 0.5) is 15.6 Å². The highest BCUT2D eigenvalue weighted by molar-refractivity contribution is 7.14. The summed E-state index contributed by atoms with van der Waals surface area (Å²) in [6.07, 6.45) is 0. The normalized spacial score (nSPS) is 10.2. The molecule has 0 bridgehead atoms. The molecule has 0 atom stereocenters. The SMILES string of the molecule is COc1ccc(-c2csc(NC(=O)Nc3cc(OC)c(OC)c(OC)c3)n2)cc1OC. The first-order valence-electron chi connectivity index (χ1n) is 9.08. The van der Waals surface area contributed by atoms with E-state index in [0.717, 1.165) is 5.56 Å². The Kier molecular flexibility index (Phi) is 7.03. The summed E-state index contributed by atoms with van der Waals surface area (Å²) in [6.45, 7) is 0. The van der Waals surface area contributed by atoms with Gasteiger partial charge in [-0.1, -0.05) is 0 Å². The zero-order valence-electron chi connectivity index (χ0n) is 17.8. The highest BCUT2D eigenvalue weighted by Gasteiger charge is 2.15. The fraction of sp³-hybridized carbons (Fsp3) is 0.238. The van der Waals surface area contributed by atoms with Crippen LogP contribution in [-0.2, 0) is 0 Å². The van der Waals surface area contributed by atoms with Crippen LogP contribution in [0.2, 0.25) is 0 Å². The summed E-state index contributed by atoms with van der Waals surface area (Å²) in [4.78, 5) is 16.9. The van der Waals surface area contributed by atoms with Gasteiger partial charge in [0.1, 0.15) is 0 Å². The number of ether oxygens (including phenoxy) is 5. The summed E-state index contributed by atoms with van der Waals surface area (Å²) < 4.78 is 26.5. The van der Waals surface area contributed by atoms with Gasteiger partial charge in [0.05, 0.1) is 46.9 Å². The molecular formula is C21H23N3O6S. The van der Waals surface area contributed by atoms with E-state index in [4.69, 9.17) is 23.7 Å². The molecule has 10 heteroatoms. The van der Waals surface area contributed by atoms with E-state index in [1.54, 1.807) is 32.4 Å². The first-order chi connectivity index (χ1) is 15.0. The third kappa shape index (κ3) is 4.92. The van der Waals surface area contributed by atoms with Gasteiger partial charge in [-0.2, -0.15) is 0 Å². The molecule has 1 aromatic heterocycles. The van der Waals surface area contributed by atoms with Gasteiger partial charge in [-0.15, -0.1) is 11.3 Å². The molecule has 164 valence electrons. The molecule has 2 aromatic carbocycles. The van der Waals surface area contributed by atoms with Crippen LogP contribution in [0.25, 0.3) is 11.3 Å². The van der Waals surface area contributed by atoms with Gasteiger partial charge in [-0.3, -0.25) is 5.32 Å². The molecule has 0 unspecified atom stereocenters. The maximum Gasteiger partial charge on any atom is 0.325 e.